The Morgan fingerprint density at radius 2 is 1.18 bits per heavy atom. The molecule has 5 atom stereocenters. The van der Waals surface area contributed by atoms with Gasteiger partial charge in [0.15, 0.2) is 10.8 Å². The molecule has 2 aliphatic heterocycles. The normalized spacial score (nSPS) is 22.2. The molecule has 290 valence electrons. The van der Waals surface area contributed by atoms with Crippen molar-refractivity contribution >= 4 is 16.5 Å². The van der Waals surface area contributed by atoms with Crippen LogP contribution in [0.3, 0.4) is 0 Å². The molecule has 1 aromatic heterocycles. The van der Waals surface area contributed by atoms with E-state index in [1.165, 1.54) is 0 Å². The van der Waals surface area contributed by atoms with Gasteiger partial charge in [-0.2, -0.15) is 13.2 Å². The molecule has 0 spiro atoms. The predicted octanol–water partition coefficient (Wildman–Crippen LogP) is 9.04. The van der Waals surface area contributed by atoms with E-state index in [9.17, 15) is 13.2 Å². The molecule has 3 heterocycles. The van der Waals surface area contributed by atoms with Crippen molar-refractivity contribution in [3.63, 3.8) is 0 Å². The van der Waals surface area contributed by atoms with Crippen LogP contribution >= 0.6 is 11.3 Å². The number of alkyl halides is 3. The van der Waals surface area contributed by atoms with Crippen LogP contribution in [0, 0.1) is 5.92 Å². The lowest BCUT2D eigenvalue weighted by Gasteiger charge is -2.49. The number of nitrogens with zero attached hydrogens (tertiary/aromatic N) is 3. The summed E-state index contributed by atoms with van der Waals surface area (Å²) in [6.45, 7) is 4.57. The molecule has 0 unspecified atom stereocenters. The van der Waals surface area contributed by atoms with Gasteiger partial charge in [-0.05, 0) is 41.0 Å². The van der Waals surface area contributed by atoms with Gasteiger partial charge in [-0.3, -0.25) is 4.90 Å². The summed E-state index contributed by atoms with van der Waals surface area (Å²) in [5.41, 5.74) is 3.42. The molecule has 5 aromatic rings. The molecule has 0 N–H and O–H groups in total. The zero-order chi connectivity index (χ0) is 37.9. The van der Waals surface area contributed by atoms with E-state index in [-0.39, 0.29) is 18.1 Å². The minimum Gasteiger partial charge on any atom is -0.375 e. The highest BCUT2D eigenvalue weighted by Crippen LogP contribution is 2.36. The Balaban J connectivity index is 1.18. The first-order valence-corrected chi connectivity index (χ1v) is 19.9. The predicted molar refractivity (Wildman–Crippen MR) is 209 cm³/mol. The fourth-order valence-corrected chi connectivity index (χ4v) is 8.39. The molecular formula is C44H48F3N3O4S. The fraction of sp³-hybridized carbons (Fsp3) is 0.386. The first-order valence-electron chi connectivity index (χ1n) is 19.0. The van der Waals surface area contributed by atoms with Crippen LogP contribution in [-0.2, 0) is 51.6 Å². The molecule has 7 rings (SSSR count). The van der Waals surface area contributed by atoms with Crippen molar-refractivity contribution in [2.75, 3.05) is 37.7 Å². The SMILES string of the molecule is FC(F)(F)c1csc(N2CCC[C@@H](CN3C[C@H](OCc4ccccc4)[C@@H](OCc4ccccc4)[C@H](OCc4ccccc4)[C@@H]3COCc3ccccc3)C2)n1. The Hall–Kier alpha value is -4.10. The number of aromatic nitrogens is 1. The highest BCUT2D eigenvalue weighted by Gasteiger charge is 2.47. The zero-order valence-electron chi connectivity index (χ0n) is 30.8. The molecule has 55 heavy (non-hydrogen) atoms. The first kappa shape index (κ1) is 39.1. The standard InChI is InChI=1S/C44H48F3N3O4S/c45-44(46,47)40-32-55-43(48-40)49-23-13-22-37(24-49)25-50-26-39(52-28-34-16-7-2-8-17-34)42(54-30-36-20-11-4-12-21-36)41(53-29-35-18-9-3-10-19-35)38(50)31-51-27-33-14-5-1-6-15-33/h1-12,14-21,32,37-39,41-42H,13,22-31H2/t37-,38+,39+,41-,42-/m1/s1. The largest absolute Gasteiger partial charge is 0.434 e. The van der Waals surface area contributed by atoms with Gasteiger partial charge in [-0.25, -0.2) is 4.98 Å². The maximum atomic E-state index is 13.5. The second-order valence-corrected chi connectivity index (χ2v) is 15.2. The summed E-state index contributed by atoms with van der Waals surface area (Å²) in [7, 11) is 0. The fourth-order valence-electron chi connectivity index (χ4n) is 7.52. The molecule has 0 aliphatic carbocycles. The summed E-state index contributed by atoms with van der Waals surface area (Å²) in [6, 6.07) is 40.3. The number of ether oxygens (including phenoxy) is 4. The van der Waals surface area contributed by atoms with Crippen molar-refractivity contribution < 1.29 is 32.1 Å². The molecule has 4 aromatic carbocycles. The van der Waals surface area contributed by atoms with Gasteiger partial charge in [-0.1, -0.05) is 121 Å². The average Bonchev–Trinajstić information content (AvgIpc) is 3.73. The zero-order valence-corrected chi connectivity index (χ0v) is 31.6. The first-order chi connectivity index (χ1) is 26.9. The van der Waals surface area contributed by atoms with E-state index in [2.05, 4.69) is 58.4 Å². The van der Waals surface area contributed by atoms with Crippen LogP contribution in [-0.4, -0.2) is 67.0 Å². The molecular weight excluding hydrogens is 724 g/mol. The van der Waals surface area contributed by atoms with Crippen LogP contribution in [0.1, 0.15) is 40.8 Å². The lowest BCUT2D eigenvalue weighted by atomic mass is 9.90. The van der Waals surface area contributed by atoms with Crippen molar-refractivity contribution in [3.05, 3.63) is 155 Å². The van der Waals surface area contributed by atoms with Gasteiger partial charge in [-0.15, -0.1) is 11.3 Å². The van der Waals surface area contributed by atoms with Crippen molar-refractivity contribution in [1.82, 2.24) is 9.88 Å². The summed E-state index contributed by atoms with van der Waals surface area (Å²) < 4.78 is 67.6. The van der Waals surface area contributed by atoms with E-state index < -0.39 is 24.1 Å². The number of thiazole rings is 1. The van der Waals surface area contributed by atoms with Crippen molar-refractivity contribution in [1.29, 1.82) is 0 Å². The molecule has 0 amide bonds. The lowest BCUT2D eigenvalue weighted by Crippen LogP contribution is -2.65. The van der Waals surface area contributed by atoms with Gasteiger partial charge >= 0.3 is 6.18 Å². The Labute approximate surface area is 325 Å². The molecule has 0 radical (unpaired) electrons. The number of halogens is 3. The van der Waals surface area contributed by atoms with Gasteiger partial charge in [0.25, 0.3) is 0 Å². The third-order valence-electron chi connectivity index (χ3n) is 10.3. The Kier molecular flexibility index (Phi) is 13.6. The Morgan fingerprint density at radius 1 is 0.655 bits per heavy atom. The van der Waals surface area contributed by atoms with Gasteiger partial charge in [0.05, 0.1) is 45.2 Å². The second kappa shape index (κ2) is 19.2. The summed E-state index contributed by atoms with van der Waals surface area (Å²) in [5.74, 6) is 0.176. The smallest absolute Gasteiger partial charge is 0.375 e. The Bertz CT molecular complexity index is 1850. The van der Waals surface area contributed by atoms with E-state index in [0.29, 0.717) is 64.3 Å². The van der Waals surface area contributed by atoms with E-state index in [0.717, 1.165) is 51.8 Å². The topological polar surface area (TPSA) is 56.3 Å². The van der Waals surface area contributed by atoms with Crippen LogP contribution in [0.5, 0.6) is 0 Å². The van der Waals surface area contributed by atoms with E-state index in [1.807, 2.05) is 77.7 Å². The number of anilines is 1. The third-order valence-corrected chi connectivity index (χ3v) is 11.2. The minimum absolute atomic E-state index is 0.176. The maximum Gasteiger partial charge on any atom is 0.434 e. The van der Waals surface area contributed by atoms with Crippen molar-refractivity contribution in [2.45, 2.75) is 69.8 Å². The van der Waals surface area contributed by atoms with Gasteiger partial charge < -0.3 is 23.8 Å². The molecule has 11 heteroatoms. The number of hydrogen-bond acceptors (Lipinski definition) is 8. The highest BCUT2D eigenvalue weighted by molar-refractivity contribution is 7.13. The van der Waals surface area contributed by atoms with Crippen LogP contribution in [0.4, 0.5) is 18.3 Å². The van der Waals surface area contributed by atoms with Gasteiger partial charge in [0.2, 0.25) is 0 Å². The lowest BCUT2D eigenvalue weighted by molar-refractivity contribution is -0.212. The highest BCUT2D eigenvalue weighted by atomic mass is 32.1. The van der Waals surface area contributed by atoms with E-state index in [4.69, 9.17) is 18.9 Å². The number of hydrogen-bond donors (Lipinski definition) is 0. The minimum atomic E-state index is -4.46. The van der Waals surface area contributed by atoms with Gasteiger partial charge in [0, 0.05) is 31.6 Å². The van der Waals surface area contributed by atoms with E-state index in [1.54, 1.807) is 0 Å². The summed E-state index contributed by atoms with van der Waals surface area (Å²) in [4.78, 5) is 8.42. The summed E-state index contributed by atoms with van der Waals surface area (Å²) in [6.07, 6.45) is -3.85. The molecule has 2 saturated heterocycles. The summed E-state index contributed by atoms with van der Waals surface area (Å²) >= 11 is 1.06. The van der Waals surface area contributed by atoms with Crippen LogP contribution < -0.4 is 4.90 Å². The number of piperidine rings is 2. The quantitative estimate of drug-likeness (QED) is 0.0993. The van der Waals surface area contributed by atoms with Crippen molar-refractivity contribution in [2.24, 2.45) is 5.92 Å². The van der Waals surface area contributed by atoms with E-state index >= 15 is 0 Å². The molecule has 2 aliphatic rings. The Morgan fingerprint density at radius 3 is 1.73 bits per heavy atom. The molecule has 0 saturated carbocycles. The molecule has 2 fully saturated rings. The van der Waals surface area contributed by atoms with Crippen molar-refractivity contribution in [3.8, 4) is 0 Å². The molecule has 0 bridgehead atoms. The second-order valence-electron chi connectivity index (χ2n) is 14.3. The third kappa shape index (κ3) is 11.0. The maximum absolute atomic E-state index is 13.5. The number of rotatable bonds is 16. The van der Waals surface area contributed by atoms with Crippen LogP contribution in [0.2, 0.25) is 0 Å². The molecule has 7 nitrogen and oxygen atoms in total. The number of benzene rings is 4. The van der Waals surface area contributed by atoms with Crippen LogP contribution in [0.15, 0.2) is 127 Å². The monoisotopic (exact) mass is 771 g/mol. The van der Waals surface area contributed by atoms with Crippen LogP contribution in [0.25, 0.3) is 0 Å². The van der Waals surface area contributed by atoms with Gasteiger partial charge in [0.1, 0.15) is 12.2 Å². The number of likely N-dealkylation sites (tertiary alicyclic amines) is 1. The average molecular weight is 772 g/mol. The summed E-state index contributed by atoms with van der Waals surface area (Å²) in [5, 5.41) is 1.53.